The van der Waals surface area contributed by atoms with E-state index in [1.165, 1.54) is 30.3 Å². The minimum atomic E-state index is -5.00. The number of aromatic nitrogens is 3. The highest BCUT2D eigenvalue weighted by Crippen LogP contribution is 2.25. The first-order chi connectivity index (χ1) is 17.7. The lowest BCUT2D eigenvalue weighted by atomic mass is 10.1. The van der Waals surface area contributed by atoms with Gasteiger partial charge in [-0.05, 0) is 35.9 Å². The summed E-state index contributed by atoms with van der Waals surface area (Å²) in [4.78, 5) is 25.5. The number of hydrogen-bond acceptors (Lipinski definition) is 6. The molecule has 3 rings (SSSR count). The summed E-state index contributed by atoms with van der Waals surface area (Å²) in [7, 11) is -3.72. The molecule has 3 aromatic rings. The van der Waals surface area contributed by atoms with Crippen molar-refractivity contribution in [2.45, 2.75) is 31.4 Å². The normalized spacial score (nSPS) is 13.8. The second-order valence-corrected chi connectivity index (χ2v) is 10.8. The van der Waals surface area contributed by atoms with E-state index in [9.17, 15) is 36.3 Å². The molecule has 0 aliphatic carbocycles. The Bertz CT molecular complexity index is 1460. The van der Waals surface area contributed by atoms with Gasteiger partial charge in [-0.25, -0.2) is 22.6 Å². The Kier molecular flexibility index (Phi) is 9.26. The summed E-state index contributed by atoms with van der Waals surface area (Å²) >= 11 is 12.0. The van der Waals surface area contributed by atoms with E-state index in [1.54, 1.807) is 18.2 Å². The van der Waals surface area contributed by atoms with Crippen molar-refractivity contribution in [2.75, 3.05) is 12.8 Å². The van der Waals surface area contributed by atoms with Gasteiger partial charge in [-0.3, -0.25) is 9.36 Å². The lowest BCUT2D eigenvalue weighted by Crippen LogP contribution is -2.41. The fraction of sp³-hybridized carbons (Fsp3) is 0.318. The van der Waals surface area contributed by atoms with E-state index in [0.29, 0.717) is 19.8 Å². The van der Waals surface area contributed by atoms with Crippen LogP contribution in [0.4, 0.5) is 13.2 Å². The molecule has 1 aromatic heterocycles. The van der Waals surface area contributed by atoms with Crippen LogP contribution in [0.3, 0.4) is 0 Å². The number of aliphatic hydroxyl groups is 1. The summed E-state index contributed by atoms with van der Waals surface area (Å²) in [5, 5.41) is 16.6. The van der Waals surface area contributed by atoms with Crippen LogP contribution < -0.4 is 15.7 Å². The van der Waals surface area contributed by atoms with Gasteiger partial charge in [0.15, 0.2) is 11.9 Å². The van der Waals surface area contributed by atoms with Crippen LogP contribution in [-0.2, 0) is 27.9 Å². The molecular formula is C22H22Cl2F3N5O5S. The fourth-order valence-corrected chi connectivity index (χ4v) is 4.56. The van der Waals surface area contributed by atoms with Crippen molar-refractivity contribution in [1.82, 2.24) is 24.4 Å². The van der Waals surface area contributed by atoms with Crippen molar-refractivity contribution >= 4 is 39.1 Å². The maximum absolute atomic E-state index is 13.0. The predicted molar refractivity (Wildman–Crippen MR) is 134 cm³/mol. The molecule has 10 nitrogen and oxygen atoms in total. The molecule has 3 N–H and O–H groups in total. The Hall–Kier alpha value is -2.91. The van der Waals surface area contributed by atoms with E-state index in [0.717, 1.165) is 6.26 Å². The number of rotatable bonds is 10. The van der Waals surface area contributed by atoms with E-state index >= 15 is 0 Å². The number of nitrogens with zero attached hydrogens (tertiary/aromatic N) is 3. The SMILES string of the molecule is CS(=O)(=O)NC(CNC(=O)Cn1nc(-c2ccc(Cl)cc2)n(CC(O)C(F)(F)F)c1=O)c1ccccc1Cl. The van der Waals surface area contributed by atoms with Crippen LogP contribution in [0.2, 0.25) is 10.0 Å². The van der Waals surface area contributed by atoms with E-state index in [1.807, 2.05) is 0 Å². The Labute approximate surface area is 225 Å². The van der Waals surface area contributed by atoms with Crippen LogP contribution in [0.25, 0.3) is 11.4 Å². The number of carbonyl (C=O) groups excluding carboxylic acids is 1. The zero-order valence-corrected chi connectivity index (χ0v) is 21.9. The minimum Gasteiger partial charge on any atom is -0.382 e. The van der Waals surface area contributed by atoms with E-state index in [-0.39, 0.29) is 23.0 Å². The standard InChI is InChI=1S/C22H22Cl2F3N5O5S/c1-38(36,37)30-17(15-4-2-3-5-16(15)24)10-28-19(34)12-32-21(35)31(11-18(33)22(25,26)27)20(29-32)13-6-8-14(23)9-7-13/h2-9,17-18,30,33H,10-12H2,1H3,(H,28,34). The van der Waals surface area contributed by atoms with Gasteiger partial charge in [-0.1, -0.05) is 41.4 Å². The zero-order valence-electron chi connectivity index (χ0n) is 19.6. The first-order valence-corrected chi connectivity index (χ1v) is 13.5. The molecule has 0 radical (unpaired) electrons. The van der Waals surface area contributed by atoms with Gasteiger partial charge in [-0.15, -0.1) is 5.10 Å². The summed E-state index contributed by atoms with van der Waals surface area (Å²) in [5.41, 5.74) is -0.478. The van der Waals surface area contributed by atoms with Crippen molar-refractivity contribution in [3.05, 3.63) is 74.6 Å². The molecule has 0 spiro atoms. The van der Waals surface area contributed by atoms with E-state index in [4.69, 9.17) is 23.2 Å². The fourth-order valence-electron chi connectivity index (χ4n) is 3.44. The van der Waals surface area contributed by atoms with Gasteiger partial charge in [0, 0.05) is 22.2 Å². The Morgan fingerprint density at radius 1 is 1.13 bits per heavy atom. The third-order valence-electron chi connectivity index (χ3n) is 5.19. The molecule has 0 aliphatic rings. The average molecular weight is 596 g/mol. The van der Waals surface area contributed by atoms with Crippen molar-refractivity contribution in [3.8, 4) is 11.4 Å². The smallest absolute Gasteiger partial charge is 0.382 e. The van der Waals surface area contributed by atoms with Gasteiger partial charge >= 0.3 is 11.9 Å². The molecule has 0 fully saturated rings. The highest BCUT2D eigenvalue weighted by Gasteiger charge is 2.39. The summed E-state index contributed by atoms with van der Waals surface area (Å²) in [6.07, 6.45) is -6.94. The van der Waals surface area contributed by atoms with Crippen molar-refractivity contribution in [3.63, 3.8) is 0 Å². The molecule has 1 amide bonds. The van der Waals surface area contributed by atoms with E-state index < -0.39 is 53.0 Å². The summed E-state index contributed by atoms with van der Waals surface area (Å²) in [6.45, 7) is -2.13. The quantitative estimate of drug-likeness (QED) is 0.329. The zero-order chi connectivity index (χ0) is 28.3. The third-order valence-corrected chi connectivity index (χ3v) is 6.50. The van der Waals surface area contributed by atoms with Crippen molar-refractivity contribution in [2.24, 2.45) is 0 Å². The molecular weight excluding hydrogens is 574 g/mol. The summed E-state index contributed by atoms with van der Waals surface area (Å²) < 4.78 is 66.3. The largest absolute Gasteiger partial charge is 0.416 e. The number of hydrogen-bond donors (Lipinski definition) is 3. The van der Waals surface area contributed by atoms with Crippen LogP contribution in [0.1, 0.15) is 11.6 Å². The monoisotopic (exact) mass is 595 g/mol. The van der Waals surface area contributed by atoms with Crippen molar-refractivity contribution in [1.29, 1.82) is 0 Å². The van der Waals surface area contributed by atoms with Crippen LogP contribution in [0, 0.1) is 0 Å². The molecule has 2 unspecified atom stereocenters. The van der Waals surface area contributed by atoms with Gasteiger partial charge in [-0.2, -0.15) is 13.2 Å². The van der Waals surface area contributed by atoms with Crippen LogP contribution in [-0.4, -0.2) is 58.9 Å². The highest BCUT2D eigenvalue weighted by atomic mass is 35.5. The molecule has 2 atom stereocenters. The molecule has 0 bridgehead atoms. The first kappa shape index (κ1) is 29.6. The molecule has 0 saturated heterocycles. The van der Waals surface area contributed by atoms with E-state index in [2.05, 4.69) is 15.1 Å². The molecule has 206 valence electrons. The molecule has 1 heterocycles. The number of sulfonamides is 1. The molecule has 16 heteroatoms. The lowest BCUT2D eigenvalue weighted by Gasteiger charge is -2.19. The molecule has 2 aromatic carbocycles. The Morgan fingerprint density at radius 2 is 1.76 bits per heavy atom. The number of carbonyl (C=O) groups is 1. The second-order valence-electron chi connectivity index (χ2n) is 8.21. The van der Waals surface area contributed by atoms with Crippen LogP contribution in [0.15, 0.2) is 53.3 Å². The molecule has 0 aliphatic heterocycles. The van der Waals surface area contributed by atoms with Gasteiger partial charge in [0.05, 0.1) is 18.8 Å². The predicted octanol–water partition coefficient (Wildman–Crippen LogP) is 2.35. The average Bonchev–Trinajstić information content (AvgIpc) is 3.11. The minimum absolute atomic E-state index is 0.219. The Morgan fingerprint density at radius 3 is 2.34 bits per heavy atom. The van der Waals surface area contributed by atoms with Gasteiger partial charge in [0.2, 0.25) is 15.9 Å². The topological polar surface area (TPSA) is 135 Å². The number of alkyl halides is 3. The Balaban J connectivity index is 1.86. The van der Waals surface area contributed by atoms with Gasteiger partial charge in [0.1, 0.15) is 6.54 Å². The van der Waals surface area contributed by atoms with Gasteiger partial charge in [0.25, 0.3) is 0 Å². The lowest BCUT2D eigenvalue weighted by molar-refractivity contribution is -0.207. The second kappa shape index (κ2) is 11.9. The maximum Gasteiger partial charge on any atom is 0.416 e. The van der Waals surface area contributed by atoms with Crippen LogP contribution in [0.5, 0.6) is 0 Å². The number of halogens is 5. The third kappa shape index (κ3) is 7.80. The number of amides is 1. The maximum atomic E-state index is 13.0. The summed E-state index contributed by atoms with van der Waals surface area (Å²) in [6, 6.07) is 11.1. The number of nitrogens with one attached hydrogen (secondary N) is 2. The molecule has 38 heavy (non-hydrogen) atoms. The first-order valence-electron chi connectivity index (χ1n) is 10.8. The number of benzene rings is 2. The summed E-state index contributed by atoms with van der Waals surface area (Å²) in [5.74, 6) is -1.02. The van der Waals surface area contributed by atoms with Gasteiger partial charge < -0.3 is 10.4 Å². The number of aliphatic hydroxyl groups excluding tert-OH is 1. The highest BCUT2D eigenvalue weighted by molar-refractivity contribution is 7.88. The van der Waals surface area contributed by atoms with Crippen molar-refractivity contribution < 1.29 is 31.5 Å². The van der Waals surface area contributed by atoms with Crippen LogP contribution >= 0.6 is 23.2 Å². The molecule has 0 saturated carbocycles.